The first kappa shape index (κ1) is 38.6. The molecule has 0 atom stereocenters. The normalized spacial score (nSPS) is 10.7. The average Bonchev–Trinajstić information content (AvgIpc) is 3.94. The van der Waals surface area contributed by atoms with E-state index in [9.17, 15) is 4.79 Å². The van der Waals surface area contributed by atoms with Gasteiger partial charge in [-0.25, -0.2) is 0 Å². The van der Waals surface area contributed by atoms with Crippen LogP contribution in [-0.2, 0) is 4.79 Å². The predicted octanol–water partition coefficient (Wildman–Crippen LogP) is 15.4. The number of benzene rings is 7. The largest absolute Gasteiger partial charge is 0.480 e. The first-order valence-corrected chi connectivity index (χ1v) is 21.3. The lowest BCUT2D eigenvalue weighted by molar-refractivity contribution is -0.134. The number of anilines is 1. The summed E-state index contributed by atoms with van der Waals surface area (Å²) in [6.07, 6.45) is 0. The number of aliphatic carboxylic acids is 1. The van der Waals surface area contributed by atoms with E-state index in [-0.39, 0.29) is 6.54 Å². The number of carboxylic acid groups (broad SMARTS) is 1. The number of thiophene rings is 2. The molecule has 0 unspecified atom stereocenters. The van der Waals surface area contributed by atoms with Gasteiger partial charge in [-0.3, -0.25) is 4.79 Å². The van der Waals surface area contributed by atoms with Crippen LogP contribution in [0.2, 0.25) is 0 Å². The van der Waals surface area contributed by atoms with Crippen LogP contribution >= 0.6 is 38.6 Å². The van der Waals surface area contributed by atoms with Crippen LogP contribution in [0.5, 0.6) is 0 Å². The average molecular weight is 853 g/mol. The molecule has 6 heteroatoms. The molecule has 0 amide bonds. The fraction of sp³-hybridized carbons (Fsp3) is 0.0192. The lowest BCUT2D eigenvalue weighted by atomic mass is 9.96. The van der Waals surface area contributed by atoms with Crippen molar-refractivity contribution in [3.8, 4) is 75.1 Å². The van der Waals surface area contributed by atoms with Gasteiger partial charge in [0, 0.05) is 46.4 Å². The van der Waals surface area contributed by atoms with Gasteiger partial charge >= 0.3 is 5.97 Å². The highest BCUT2D eigenvalue weighted by atomic mass is 79.9. The van der Waals surface area contributed by atoms with Gasteiger partial charge in [-0.2, -0.15) is 0 Å². The molecular formula is C52H38BrNO2S2. The zero-order valence-corrected chi connectivity index (χ0v) is 34.6. The van der Waals surface area contributed by atoms with Crippen molar-refractivity contribution in [1.82, 2.24) is 0 Å². The Morgan fingerprint density at radius 2 is 0.845 bits per heavy atom. The molecule has 0 aliphatic heterocycles. The van der Waals surface area contributed by atoms with E-state index in [1.54, 1.807) is 11.3 Å². The van der Waals surface area contributed by atoms with Gasteiger partial charge in [-0.15, -0.1) is 22.7 Å². The van der Waals surface area contributed by atoms with Crippen molar-refractivity contribution < 1.29 is 9.90 Å². The molecule has 9 rings (SSSR count). The highest BCUT2D eigenvalue weighted by Gasteiger charge is 2.18. The Labute approximate surface area is 355 Å². The Kier molecular flexibility index (Phi) is 12.2. The van der Waals surface area contributed by atoms with Crippen LogP contribution in [0.15, 0.2) is 211 Å². The van der Waals surface area contributed by atoms with E-state index >= 15 is 0 Å². The van der Waals surface area contributed by atoms with Gasteiger partial charge in [0.25, 0.3) is 0 Å². The van der Waals surface area contributed by atoms with Crippen LogP contribution in [0.3, 0.4) is 0 Å². The minimum Gasteiger partial charge on any atom is -0.480 e. The summed E-state index contributed by atoms with van der Waals surface area (Å²) >= 11 is 7.33. The summed E-state index contributed by atoms with van der Waals surface area (Å²) in [7, 11) is 0. The summed E-state index contributed by atoms with van der Waals surface area (Å²) in [5.41, 5.74) is 12.8. The number of hydrogen-bond acceptors (Lipinski definition) is 4. The molecule has 0 fully saturated rings. The molecule has 3 nitrogen and oxygen atoms in total. The van der Waals surface area contributed by atoms with Crippen LogP contribution in [0.1, 0.15) is 0 Å². The number of carboxylic acids is 1. The Bertz CT molecular complexity index is 2650. The third kappa shape index (κ3) is 8.96. The smallest absolute Gasteiger partial charge is 0.322 e. The van der Waals surface area contributed by atoms with E-state index in [1.807, 2.05) is 47.7 Å². The molecule has 0 aliphatic rings. The monoisotopic (exact) mass is 851 g/mol. The minimum absolute atomic E-state index is 0.114. The van der Waals surface area contributed by atoms with Crippen molar-refractivity contribution in [2.45, 2.75) is 0 Å². The molecule has 9 aromatic rings. The van der Waals surface area contributed by atoms with Crippen molar-refractivity contribution >= 4 is 50.3 Å². The second-order valence-electron chi connectivity index (χ2n) is 13.5. The Hall–Kier alpha value is -6.31. The fourth-order valence-corrected chi connectivity index (χ4v) is 9.99. The van der Waals surface area contributed by atoms with E-state index in [2.05, 4.69) is 191 Å². The molecule has 2 aromatic heterocycles. The van der Waals surface area contributed by atoms with Crippen LogP contribution in [0.4, 0.5) is 5.69 Å². The van der Waals surface area contributed by atoms with Crippen molar-refractivity contribution in [3.05, 3.63) is 211 Å². The summed E-state index contributed by atoms with van der Waals surface area (Å²) in [6, 6.07) is 71.5. The number of hydrogen-bond donors (Lipinski definition) is 2. The van der Waals surface area contributed by atoms with Gasteiger partial charge < -0.3 is 10.4 Å². The molecule has 2 N–H and O–H groups in total. The summed E-state index contributed by atoms with van der Waals surface area (Å²) in [6.45, 7) is -0.114. The zero-order valence-electron chi connectivity index (χ0n) is 31.4. The Morgan fingerprint density at radius 1 is 0.431 bits per heavy atom. The molecule has 282 valence electrons. The molecule has 0 saturated carbocycles. The number of rotatable bonds is 10. The maximum Gasteiger partial charge on any atom is 0.322 e. The van der Waals surface area contributed by atoms with Crippen molar-refractivity contribution in [1.29, 1.82) is 0 Å². The Balaban J connectivity index is 0.000000172. The standard InChI is InChI=1S/C30H23NO2S.C22H15BrS/c32-29(33)20-31-24-15-9-14-23(18-24)25-16-7-8-17-26(25)28-19-27(21-10-3-1-4-11-21)30(34-28)22-12-5-2-6-13-22;23-20-14-8-7-13-18(20)21-15-19(16-9-3-1-4-10-16)22(24-21)17-11-5-2-6-12-17/h1-19,31H,20H2,(H,32,33);1-15H. The Morgan fingerprint density at radius 3 is 1.34 bits per heavy atom. The summed E-state index contributed by atoms with van der Waals surface area (Å²) in [5.74, 6) is -0.883. The number of halogens is 1. The number of carbonyl (C=O) groups is 1. The first-order chi connectivity index (χ1) is 28.5. The van der Waals surface area contributed by atoms with E-state index in [0.717, 1.165) is 26.9 Å². The minimum atomic E-state index is -0.883. The molecule has 0 aliphatic carbocycles. The lowest BCUT2D eigenvalue weighted by Gasteiger charge is -2.11. The topological polar surface area (TPSA) is 49.3 Å². The molecule has 7 aromatic carbocycles. The van der Waals surface area contributed by atoms with Gasteiger partial charge in [-0.1, -0.05) is 192 Å². The number of nitrogens with one attached hydrogen (secondary N) is 1. The highest BCUT2D eigenvalue weighted by Crippen LogP contribution is 2.47. The fourth-order valence-electron chi connectivity index (χ4n) is 6.90. The van der Waals surface area contributed by atoms with Gasteiger partial charge in [-0.05, 0) is 69.3 Å². The second-order valence-corrected chi connectivity index (χ2v) is 16.5. The molecule has 0 saturated heterocycles. The summed E-state index contributed by atoms with van der Waals surface area (Å²) in [5, 5.41) is 12.0. The third-order valence-corrected chi connectivity index (χ3v) is 12.8. The molecule has 0 bridgehead atoms. The predicted molar refractivity (Wildman–Crippen MR) is 251 cm³/mol. The van der Waals surface area contributed by atoms with Crippen molar-refractivity contribution in [2.24, 2.45) is 0 Å². The zero-order chi connectivity index (χ0) is 39.7. The van der Waals surface area contributed by atoms with E-state index in [0.29, 0.717) is 0 Å². The van der Waals surface area contributed by atoms with Crippen molar-refractivity contribution in [3.63, 3.8) is 0 Å². The maximum absolute atomic E-state index is 11.0. The summed E-state index contributed by atoms with van der Waals surface area (Å²) in [4.78, 5) is 16.0. The maximum atomic E-state index is 11.0. The highest BCUT2D eigenvalue weighted by molar-refractivity contribution is 9.10. The molecule has 58 heavy (non-hydrogen) atoms. The van der Waals surface area contributed by atoms with Crippen LogP contribution in [-0.4, -0.2) is 17.6 Å². The van der Waals surface area contributed by atoms with Gasteiger partial charge in [0.1, 0.15) is 6.54 Å². The van der Waals surface area contributed by atoms with Gasteiger partial charge in [0.05, 0.1) is 0 Å². The first-order valence-electron chi connectivity index (χ1n) is 18.9. The molecule has 0 spiro atoms. The van der Waals surface area contributed by atoms with Gasteiger partial charge in [0.2, 0.25) is 0 Å². The molecule has 0 radical (unpaired) electrons. The van der Waals surface area contributed by atoms with E-state index in [4.69, 9.17) is 5.11 Å². The second kappa shape index (κ2) is 18.3. The van der Waals surface area contributed by atoms with Crippen LogP contribution in [0, 0.1) is 0 Å². The molecule has 2 heterocycles. The quantitative estimate of drug-likeness (QED) is 0.144. The third-order valence-electron chi connectivity index (χ3n) is 9.65. The lowest BCUT2D eigenvalue weighted by Crippen LogP contribution is -2.12. The van der Waals surface area contributed by atoms with Gasteiger partial charge in [0.15, 0.2) is 0 Å². The molecular weight excluding hydrogens is 815 g/mol. The van der Waals surface area contributed by atoms with E-state index in [1.165, 1.54) is 58.5 Å². The van der Waals surface area contributed by atoms with Crippen LogP contribution in [0.25, 0.3) is 75.1 Å². The van der Waals surface area contributed by atoms with Crippen molar-refractivity contribution in [2.75, 3.05) is 11.9 Å². The summed E-state index contributed by atoms with van der Waals surface area (Å²) < 4.78 is 1.13. The van der Waals surface area contributed by atoms with Crippen LogP contribution < -0.4 is 5.32 Å². The van der Waals surface area contributed by atoms with E-state index < -0.39 is 5.97 Å². The SMILES string of the molecule is Brc1ccccc1-c1cc(-c2ccccc2)c(-c2ccccc2)s1.O=C(O)CNc1cccc(-c2ccccc2-c2cc(-c3ccccc3)c(-c3ccccc3)s2)c1.